The van der Waals surface area contributed by atoms with Gasteiger partial charge in [0.2, 0.25) is 0 Å². The van der Waals surface area contributed by atoms with Crippen molar-refractivity contribution in [3.63, 3.8) is 0 Å². The molecule has 0 atom stereocenters. The number of alkyl halides is 1. The number of aryl methyl sites for hydroxylation is 1. The SMILES string of the molecule is Cc1ccc(C(=O)Nc2ccc(CBr)cc2)c(Cl)c1. The first-order chi connectivity index (χ1) is 9.10. The summed E-state index contributed by atoms with van der Waals surface area (Å²) in [6.07, 6.45) is 0. The molecular weight excluding hydrogens is 326 g/mol. The summed E-state index contributed by atoms with van der Waals surface area (Å²) in [4.78, 5) is 12.1. The van der Waals surface area contributed by atoms with Gasteiger partial charge in [-0.2, -0.15) is 0 Å². The van der Waals surface area contributed by atoms with Crippen LogP contribution < -0.4 is 5.32 Å². The fraction of sp³-hybridized carbons (Fsp3) is 0.133. The van der Waals surface area contributed by atoms with Gasteiger partial charge >= 0.3 is 0 Å². The highest BCUT2D eigenvalue weighted by molar-refractivity contribution is 9.08. The molecule has 1 amide bonds. The quantitative estimate of drug-likeness (QED) is 0.801. The molecule has 0 unspecified atom stereocenters. The minimum atomic E-state index is -0.198. The van der Waals surface area contributed by atoms with Gasteiger partial charge in [0.05, 0.1) is 10.6 Å². The molecule has 0 aliphatic carbocycles. The van der Waals surface area contributed by atoms with E-state index in [-0.39, 0.29) is 5.91 Å². The summed E-state index contributed by atoms with van der Waals surface area (Å²) in [6, 6.07) is 13.0. The lowest BCUT2D eigenvalue weighted by molar-refractivity contribution is 0.102. The van der Waals surface area contributed by atoms with E-state index in [0.29, 0.717) is 10.6 Å². The molecule has 4 heteroatoms. The maximum atomic E-state index is 12.1. The van der Waals surface area contributed by atoms with Crippen molar-refractivity contribution < 1.29 is 4.79 Å². The van der Waals surface area contributed by atoms with E-state index in [0.717, 1.165) is 22.1 Å². The number of hydrogen-bond donors (Lipinski definition) is 1. The molecule has 0 saturated carbocycles. The van der Waals surface area contributed by atoms with Crippen molar-refractivity contribution in [3.8, 4) is 0 Å². The monoisotopic (exact) mass is 337 g/mol. The molecule has 0 heterocycles. The van der Waals surface area contributed by atoms with Crippen molar-refractivity contribution >= 4 is 39.1 Å². The zero-order chi connectivity index (χ0) is 13.8. The van der Waals surface area contributed by atoms with Gasteiger partial charge < -0.3 is 5.32 Å². The zero-order valence-corrected chi connectivity index (χ0v) is 12.8. The number of amides is 1. The molecule has 1 N–H and O–H groups in total. The predicted octanol–water partition coefficient (Wildman–Crippen LogP) is 4.80. The Labute approximate surface area is 125 Å². The number of halogens is 2. The molecule has 2 nitrogen and oxygen atoms in total. The van der Waals surface area contributed by atoms with Gasteiger partial charge in [0.1, 0.15) is 0 Å². The van der Waals surface area contributed by atoms with E-state index in [2.05, 4.69) is 21.2 Å². The van der Waals surface area contributed by atoms with Crippen LogP contribution >= 0.6 is 27.5 Å². The minimum absolute atomic E-state index is 0.198. The van der Waals surface area contributed by atoms with Crippen molar-refractivity contribution in [2.45, 2.75) is 12.3 Å². The van der Waals surface area contributed by atoms with Crippen LogP contribution in [0.2, 0.25) is 5.02 Å². The Balaban J connectivity index is 2.15. The molecule has 98 valence electrons. The average molecular weight is 339 g/mol. The van der Waals surface area contributed by atoms with Crippen molar-refractivity contribution in [2.24, 2.45) is 0 Å². The third kappa shape index (κ3) is 3.58. The minimum Gasteiger partial charge on any atom is -0.322 e. The molecule has 19 heavy (non-hydrogen) atoms. The Bertz CT molecular complexity index is 596. The average Bonchev–Trinajstić information content (AvgIpc) is 2.39. The summed E-state index contributed by atoms with van der Waals surface area (Å²) < 4.78 is 0. The summed E-state index contributed by atoms with van der Waals surface area (Å²) in [7, 11) is 0. The van der Waals surface area contributed by atoms with Gasteiger partial charge in [0.25, 0.3) is 5.91 Å². The molecule has 0 bridgehead atoms. The highest BCUT2D eigenvalue weighted by Crippen LogP contribution is 2.19. The van der Waals surface area contributed by atoms with Gasteiger partial charge in [-0.15, -0.1) is 0 Å². The van der Waals surface area contributed by atoms with Crippen LogP contribution in [-0.4, -0.2) is 5.91 Å². The van der Waals surface area contributed by atoms with Gasteiger partial charge in [0.15, 0.2) is 0 Å². The van der Waals surface area contributed by atoms with Crippen LogP contribution in [0.1, 0.15) is 21.5 Å². The maximum Gasteiger partial charge on any atom is 0.257 e. The third-order valence-corrected chi connectivity index (χ3v) is 3.70. The third-order valence-electron chi connectivity index (χ3n) is 2.74. The van der Waals surface area contributed by atoms with Crippen molar-refractivity contribution in [1.29, 1.82) is 0 Å². The molecule has 0 saturated heterocycles. The first kappa shape index (κ1) is 14.1. The second-order valence-electron chi connectivity index (χ2n) is 4.27. The van der Waals surface area contributed by atoms with E-state index >= 15 is 0 Å². The summed E-state index contributed by atoms with van der Waals surface area (Å²) in [6.45, 7) is 1.94. The van der Waals surface area contributed by atoms with Crippen LogP contribution in [0.15, 0.2) is 42.5 Å². The second-order valence-corrected chi connectivity index (χ2v) is 5.24. The molecule has 2 rings (SSSR count). The van der Waals surface area contributed by atoms with Crippen LogP contribution in [0.3, 0.4) is 0 Å². The number of carbonyl (C=O) groups is 1. The molecule has 0 aromatic heterocycles. The largest absolute Gasteiger partial charge is 0.322 e. The highest BCUT2D eigenvalue weighted by Gasteiger charge is 2.10. The van der Waals surface area contributed by atoms with Crippen molar-refractivity contribution in [2.75, 3.05) is 5.32 Å². The highest BCUT2D eigenvalue weighted by atomic mass is 79.9. The Morgan fingerprint density at radius 1 is 1.21 bits per heavy atom. The summed E-state index contributed by atoms with van der Waals surface area (Å²) in [5.41, 5.74) is 3.43. The van der Waals surface area contributed by atoms with E-state index in [1.807, 2.05) is 37.3 Å². The van der Waals surface area contributed by atoms with Crippen LogP contribution in [-0.2, 0) is 5.33 Å². The zero-order valence-electron chi connectivity index (χ0n) is 10.4. The topological polar surface area (TPSA) is 29.1 Å². The van der Waals surface area contributed by atoms with Gasteiger partial charge in [-0.3, -0.25) is 4.79 Å². The molecule has 0 aliphatic rings. The molecule has 0 fully saturated rings. The second kappa shape index (κ2) is 6.22. The van der Waals surface area contributed by atoms with Gasteiger partial charge in [-0.25, -0.2) is 0 Å². The van der Waals surface area contributed by atoms with Gasteiger partial charge in [-0.1, -0.05) is 45.7 Å². The number of nitrogens with one attached hydrogen (secondary N) is 1. The first-order valence-corrected chi connectivity index (χ1v) is 7.32. The number of rotatable bonds is 3. The normalized spacial score (nSPS) is 10.3. The maximum absolute atomic E-state index is 12.1. The van der Waals surface area contributed by atoms with E-state index in [9.17, 15) is 4.79 Å². The standard InChI is InChI=1S/C15H13BrClNO/c1-10-2-7-13(14(17)8-10)15(19)18-12-5-3-11(9-16)4-6-12/h2-8H,9H2,1H3,(H,18,19). The Hall–Kier alpha value is -1.32. The molecule has 0 aliphatic heterocycles. The summed E-state index contributed by atoms with van der Waals surface area (Å²) in [5.74, 6) is -0.198. The lowest BCUT2D eigenvalue weighted by Gasteiger charge is -2.08. The fourth-order valence-corrected chi connectivity index (χ4v) is 2.37. The molecule has 2 aromatic rings. The van der Waals surface area contributed by atoms with Crippen LogP contribution in [0.4, 0.5) is 5.69 Å². The molecule has 0 spiro atoms. The van der Waals surface area contributed by atoms with E-state index < -0.39 is 0 Å². The first-order valence-electron chi connectivity index (χ1n) is 5.82. The van der Waals surface area contributed by atoms with E-state index in [4.69, 9.17) is 11.6 Å². The van der Waals surface area contributed by atoms with Gasteiger partial charge in [0, 0.05) is 11.0 Å². The number of benzene rings is 2. The smallest absolute Gasteiger partial charge is 0.257 e. The van der Waals surface area contributed by atoms with Crippen molar-refractivity contribution in [3.05, 3.63) is 64.2 Å². The Morgan fingerprint density at radius 3 is 2.47 bits per heavy atom. The van der Waals surface area contributed by atoms with Gasteiger partial charge in [-0.05, 0) is 42.3 Å². The van der Waals surface area contributed by atoms with Crippen LogP contribution in [0.5, 0.6) is 0 Å². The van der Waals surface area contributed by atoms with E-state index in [1.54, 1.807) is 12.1 Å². The number of carbonyl (C=O) groups excluding carboxylic acids is 1. The molecule has 2 aromatic carbocycles. The lowest BCUT2D eigenvalue weighted by atomic mass is 10.1. The lowest BCUT2D eigenvalue weighted by Crippen LogP contribution is -2.12. The number of hydrogen-bond acceptors (Lipinski definition) is 1. The predicted molar refractivity (Wildman–Crippen MR) is 83.2 cm³/mol. The molecular formula is C15H13BrClNO. The van der Waals surface area contributed by atoms with Crippen LogP contribution in [0, 0.1) is 6.92 Å². The Morgan fingerprint density at radius 2 is 1.89 bits per heavy atom. The summed E-state index contributed by atoms with van der Waals surface area (Å²) >= 11 is 9.45. The van der Waals surface area contributed by atoms with Crippen LogP contribution in [0.25, 0.3) is 0 Å². The number of anilines is 1. The summed E-state index contributed by atoms with van der Waals surface area (Å²) in [5, 5.41) is 4.09. The Kier molecular flexibility index (Phi) is 4.61. The van der Waals surface area contributed by atoms with Crippen molar-refractivity contribution in [1.82, 2.24) is 0 Å². The fourth-order valence-electron chi connectivity index (χ4n) is 1.68. The molecule has 0 radical (unpaired) electrons. The van der Waals surface area contributed by atoms with E-state index in [1.165, 1.54) is 0 Å².